The topological polar surface area (TPSA) is 148 Å². The van der Waals surface area contributed by atoms with E-state index in [0.717, 1.165) is 96.7 Å². The number of ether oxygens (including phenoxy) is 1. The molecule has 0 saturated heterocycles. The number of hydrogen-bond donors (Lipinski definition) is 3. The molecule has 13 nitrogen and oxygen atoms in total. The van der Waals surface area contributed by atoms with Gasteiger partial charge in [-0.3, -0.25) is 14.4 Å². The van der Waals surface area contributed by atoms with Crippen LogP contribution in [0.5, 0.6) is 0 Å². The van der Waals surface area contributed by atoms with Gasteiger partial charge in [-0.2, -0.15) is 0 Å². The lowest BCUT2D eigenvalue weighted by Gasteiger charge is -2.36. The summed E-state index contributed by atoms with van der Waals surface area (Å²) in [6, 6.07) is 26.4. The number of hydrogen-bond acceptors (Lipinski definition) is 7. The van der Waals surface area contributed by atoms with Crippen molar-refractivity contribution < 1.29 is 19.1 Å². The van der Waals surface area contributed by atoms with Crippen molar-refractivity contribution in [3.8, 4) is 11.3 Å². The fourth-order valence-corrected chi connectivity index (χ4v) is 10.8. The van der Waals surface area contributed by atoms with Gasteiger partial charge in [-0.05, 0) is 143 Å². The summed E-state index contributed by atoms with van der Waals surface area (Å²) in [6.45, 7) is 10.8. The van der Waals surface area contributed by atoms with Crippen LogP contribution in [0, 0.1) is 33.6 Å². The van der Waals surface area contributed by atoms with Crippen LogP contribution in [-0.4, -0.2) is 64.6 Å². The molecular weight excluding hydrogens is 851 g/mol. The highest BCUT2D eigenvalue weighted by atomic mass is 16.5. The third kappa shape index (κ3) is 8.01. The maximum absolute atomic E-state index is 14.1. The lowest BCUT2D eigenvalue weighted by atomic mass is 9.88. The smallest absolute Gasteiger partial charge is 0.255 e. The van der Waals surface area contributed by atoms with Gasteiger partial charge in [-0.1, -0.05) is 49.7 Å². The molecule has 2 aromatic carbocycles. The van der Waals surface area contributed by atoms with E-state index in [0.29, 0.717) is 40.2 Å². The average molecular weight is 908 g/mol. The summed E-state index contributed by atoms with van der Waals surface area (Å²) >= 11 is 0. The van der Waals surface area contributed by atoms with E-state index >= 15 is 0 Å². The van der Waals surface area contributed by atoms with E-state index in [4.69, 9.17) is 14.7 Å². The molecule has 1 saturated carbocycles. The molecule has 0 bridgehead atoms. The van der Waals surface area contributed by atoms with Crippen molar-refractivity contribution in [1.29, 1.82) is 0 Å². The van der Waals surface area contributed by atoms with Crippen LogP contribution in [0.2, 0.25) is 0 Å². The molecule has 0 aliphatic heterocycles. The third-order valence-corrected chi connectivity index (χ3v) is 14.7. The van der Waals surface area contributed by atoms with E-state index in [9.17, 15) is 14.4 Å². The molecule has 13 heteroatoms. The van der Waals surface area contributed by atoms with Crippen molar-refractivity contribution in [1.82, 2.24) is 44.1 Å². The van der Waals surface area contributed by atoms with E-state index in [1.807, 2.05) is 82.9 Å². The Bertz CT molecular complexity index is 3300. The molecule has 0 radical (unpaired) electrons. The minimum Gasteiger partial charge on any atom is -0.378 e. The normalized spacial score (nSPS) is 19.0. The second-order valence-corrected chi connectivity index (χ2v) is 19.3. The standard InChI is InChI=1S/C55H57N9O4/c1-6-35(30-68-41-28-40(29-41)58-53(65)44-17-20-62-32(3)23-31(2)56-50(44)62)26-39-24-33(4)63-21-18-45(51(63)57-39)54(66)61-48-16-13-37-27-38(11-14-43(37)48)49-25-34(5)64-22-19-46(52(64)59-49)55(67)60-47-15-12-36-9-7-8-10-42(36)47/h7-11,14,17-25,27,35,40-41,47-48H,6,12-13,15-16,26,28-30H2,1-5H3,(H,58,65)(H,60,67)(H,61,66)/t35?,40?,41?,47-,48?/m0/s1. The number of nitrogens with one attached hydrogen (secondary N) is 3. The molecule has 3 atom stereocenters. The Hall–Kier alpha value is -7.12. The van der Waals surface area contributed by atoms with Crippen molar-refractivity contribution in [3.05, 3.63) is 165 Å². The molecule has 6 heterocycles. The van der Waals surface area contributed by atoms with Gasteiger partial charge in [0.2, 0.25) is 0 Å². The summed E-state index contributed by atoms with van der Waals surface area (Å²) in [6.07, 6.45) is 12.5. The summed E-state index contributed by atoms with van der Waals surface area (Å²) in [5.74, 6) is -0.109. The first-order valence-corrected chi connectivity index (χ1v) is 24.1. The van der Waals surface area contributed by atoms with Crippen molar-refractivity contribution in [2.75, 3.05) is 6.61 Å². The molecule has 346 valence electrons. The van der Waals surface area contributed by atoms with E-state index in [1.54, 1.807) is 0 Å². The van der Waals surface area contributed by atoms with E-state index < -0.39 is 0 Å². The first-order chi connectivity index (χ1) is 33.0. The van der Waals surface area contributed by atoms with Crippen LogP contribution >= 0.6 is 0 Å². The fraction of sp³-hybridized carbons (Fsp3) is 0.345. The molecular formula is C55H57N9O4. The zero-order valence-electron chi connectivity index (χ0n) is 39.3. The number of nitrogens with zero attached hydrogens (tertiary/aromatic N) is 6. The Balaban J connectivity index is 0.719. The van der Waals surface area contributed by atoms with Gasteiger partial charge in [-0.25, -0.2) is 15.0 Å². The Morgan fingerprint density at radius 2 is 1.22 bits per heavy atom. The van der Waals surface area contributed by atoms with Gasteiger partial charge in [0.25, 0.3) is 17.7 Å². The van der Waals surface area contributed by atoms with Crippen molar-refractivity contribution in [2.24, 2.45) is 5.92 Å². The molecule has 3 aliphatic rings. The van der Waals surface area contributed by atoms with Gasteiger partial charge in [0.1, 0.15) is 16.9 Å². The van der Waals surface area contributed by atoms with E-state index in [1.165, 1.54) is 16.7 Å². The Morgan fingerprint density at radius 1 is 0.647 bits per heavy atom. The minimum absolute atomic E-state index is 0.00970. The van der Waals surface area contributed by atoms with Gasteiger partial charge in [0.05, 0.1) is 47.2 Å². The predicted molar refractivity (Wildman–Crippen MR) is 261 cm³/mol. The van der Waals surface area contributed by atoms with Gasteiger partial charge in [-0.15, -0.1) is 0 Å². The number of rotatable bonds is 13. The van der Waals surface area contributed by atoms with E-state index in [-0.39, 0.29) is 47.9 Å². The molecule has 2 unspecified atom stereocenters. The summed E-state index contributed by atoms with van der Waals surface area (Å²) in [4.78, 5) is 55.7. The first kappa shape index (κ1) is 43.5. The fourth-order valence-electron chi connectivity index (χ4n) is 10.8. The number of carbonyl (C=O) groups excluding carboxylic acids is 3. The average Bonchev–Trinajstić information content (AvgIpc) is 4.17. The van der Waals surface area contributed by atoms with Crippen LogP contribution < -0.4 is 16.0 Å². The number of benzene rings is 2. The molecule has 8 aromatic rings. The molecule has 1 fully saturated rings. The van der Waals surface area contributed by atoms with Gasteiger partial charge in [0, 0.05) is 58.7 Å². The molecule has 68 heavy (non-hydrogen) atoms. The number of amides is 3. The maximum Gasteiger partial charge on any atom is 0.255 e. The lowest BCUT2D eigenvalue weighted by molar-refractivity contribution is -0.0312. The second kappa shape index (κ2) is 17.5. The Morgan fingerprint density at radius 3 is 1.90 bits per heavy atom. The number of carbonyl (C=O) groups is 3. The van der Waals surface area contributed by atoms with Crippen molar-refractivity contribution in [3.63, 3.8) is 0 Å². The SMILES string of the molecule is CCC(COC1CC(NC(=O)c2ccn3c(C)cc(C)nc23)C1)Cc1cc(C)n2ccc(C(=O)NC3CCc4cc(-c5cc(C)n6ccc(C(=O)N[C@H]7CCc8ccccc87)c6n5)ccc43)c2n1. The molecule has 3 amide bonds. The maximum atomic E-state index is 14.1. The molecule has 3 N–H and O–H groups in total. The number of aryl methyl sites for hydroxylation is 6. The molecule has 3 aliphatic carbocycles. The second-order valence-electron chi connectivity index (χ2n) is 19.3. The van der Waals surface area contributed by atoms with Crippen LogP contribution in [0.15, 0.2) is 97.5 Å². The quantitative estimate of drug-likeness (QED) is 0.105. The van der Waals surface area contributed by atoms with Crippen LogP contribution in [0.3, 0.4) is 0 Å². The molecule has 0 spiro atoms. The summed E-state index contributed by atoms with van der Waals surface area (Å²) in [7, 11) is 0. The highest BCUT2D eigenvalue weighted by molar-refractivity contribution is 6.02. The van der Waals surface area contributed by atoms with Crippen molar-refractivity contribution in [2.45, 2.75) is 110 Å². The van der Waals surface area contributed by atoms with Gasteiger partial charge >= 0.3 is 0 Å². The van der Waals surface area contributed by atoms with E-state index in [2.05, 4.69) is 83.3 Å². The van der Waals surface area contributed by atoms with Gasteiger partial charge < -0.3 is 33.9 Å². The zero-order chi connectivity index (χ0) is 46.8. The Labute approximate surface area is 395 Å². The summed E-state index contributed by atoms with van der Waals surface area (Å²) < 4.78 is 12.3. The highest BCUT2D eigenvalue weighted by Gasteiger charge is 2.33. The van der Waals surface area contributed by atoms with Gasteiger partial charge in [0.15, 0.2) is 0 Å². The monoisotopic (exact) mass is 907 g/mol. The van der Waals surface area contributed by atoms with Crippen molar-refractivity contribution >= 4 is 34.7 Å². The molecule has 11 rings (SSSR count). The largest absolute Gasteiger partial charge is 0.378 e. The Kier molecular flexibility index (Phi) is 11.2. The van der Waals surface area contributed by atoms with Crippen LogP contribution in [0.1, 0.15) is 133 Å². The third-order valence-electron chi connectivity index (χ3n) is 14.7. The number of fused-ring (bicyclic) bond motifs is 5. The summed E-state index contributed by atoms with van der Waals surface area (Å²) in [5.41, 5.74) is 15.1. The number of aromatic nitrogens is 6. The van der Waals surface area contributed by atoms with Crippen LogP contribution in [0.25, 0.3) is 28.2 Å². The minimum atomic E-state index is -0.143. The zero-order valence-corrected chi connectivity index (χ0v) is 39.3. The molecule has 6 aromatic heterocycles. The predicted octanol–water partition coefficient (Wildman–Crippen LogP) is 8.91. The lowest BCUT2D eigenvalue weighted by Crippen LogP contribution is -2.48. The summed E-state index contributed by atoms with van der Waals surface area (Å²) in [5, 5.41) is 9.80. The van der Waals surface area contributed by atoms with Crippen LogP contribution in [0.4, 0.5) is 0 Å². The first-order valence-electron chi connectivity index (χ1n) is 24.1. The highest BCUT2D eigenvalue weighted by Crippen LogP contribution is 2.36. The van der Waals surface area contributed by atoms with Crippen LogP contribution in [-0.2, 0) is 24.0 Å².